The van der Waals surface area contributed by atoms with Crippen LogP contribution in [0.3, 0.4) is 0 Å². The molecule has 0 unspecified atom stereocenters. The van der Waals surface area contributed by atoms with Crippen molar-refractivity contribution in [2.75, 3.05) is 6.54 Å². The standard InChI is InChI=1S/C12H17F3N2S/c1-8-9(4-11(5-16)18-8)6-17(10-2-3-10)7-12(13,14)15/h4,10H,2-3,5-7,16H2,1H3. The minimum Gasteiger partial charge on any atom is -0.326 e. The summed E-state index contributed by atoms with van der Waals surface area (Å²) in [4.78, 5) is 3.64. The Balaban J connectivity index is 2.06. The van der Waals surface area contributed by atoms with E-state index >= 15 is 0 Å². The van der Waals surface area contributed by atoms with Gasteiger partial charge in [0.2, 0.25) is 0 Å². The predicted molar refractivity (Wildman–Crippen MR) is 66.4 cm³/mol. The van der Waals surface area contributed by atoms with Crippen LogP contribution in [0.4, 0.5) is 13.2 Å². The van der Waals surface area contributed by atoms with Gasteiger partial charge in [0.1, 0.15) is 0 Å². The molecule has 1 aromatic heterocycles. The first-order valence-corrected chi connectivity index (χ1v) is 6.80. The van der Waals surface area contributed by atoms with Gasteiger partial charge in [-0.3, -0.25) is 4.90 Å². The molecule has 102 valence electrons. The van der Waals surface area contributed by atoms with Crippen molar-refractivity contribution in [1.82, 2.24) is 4.90 Å². The number of hydrogen-bond acceptors (Lipinski definition) is 3. The second-order valence-electron chi connectivity index (χ2n) is 4.75. The Labute approximate surface area is 109 Å². The predicted octanol–water partition coefficient (Wildman–Crippen LogP) is 3.04. The molecular weight excluding hydrogens is 261 g/mol. The summed E-state index contributed by atoms with van der Waals surface area (Å²) in [5.74, 6) is 0. The molecule has 0 aromatic carbocycles. The average molecular weight is 278 g/mol. The van der Waals surface area contributed by atoms with Gasteiger partial charge in [0, 0.05) is 28.9 Å². The fourth-order valence-corrected chi connectivity index (χ4v) is 2.98. The third-order valence-electron chi connectivity index (χ3n) is 3.09. The summed E-state index contributed by atoms with van der Waals surface area (Å²) in [5, 5.41) is 0. The molecule has 1 saturated carbocycles. The van der Waals surface area contributed by atoms with Crippen LogP contribution in [0.25, 0.3) is 0 Å². The second kappa shape index (κ2) is 5.19. The van der Waals surface area contributed by atoms with Crippen LogP contribution in [-0.2, 0) is 13.1 Å². The fourth-order valence-electron chi connectivity index (χ4n) is 2.05. The van der Waals surface area contributed by atoms with Crippen molar-refractivity contribution in [3.05, 3.63) is 21.4 Å². The molecule has 0 atom stereocenters. The number of aryl methyl sites for hydroxylation is 1. The molecule has 0 amide bonds. The fraction of sp³-hybridized carbons (Fsp3) is 0.667. The SMILES string of the molecule is Cc1sc(CN)cc1CN(CC(F)(F)F)C1CC1. The average Bonchev–Trinajstić information content (AvgIpc) is 3.03. The molecule has 0 spiro atoms. The zero-order valence-corrected chi connectivity index (χ0v) is 11.1. The van der Waals surface area contributed by atoms with E-state index in [2.05, 4.69) is 0 Å². The molecule has 18 heavy (non-hydrogen) atoms. The number of nitrogens with zero attached hydrogens (tertiary/aromatic N) is 1. The first kappa shape index (κ1) is 13.8. The first-order chi connectivity index (χ1) is 8.39. The molecule has 0 aliphatic heterocycles. The Hall–Kier alpha value is -0.590. The quantitative estimate of drug-likeness (QED) is 0.897. The van der Waals surface area contributed by atoms with Gasteiger partial charge in [-0.1, -0.05) is 0 Å². The molecule has 0 saturated heterocycles. The molecular formula is C12H17F3N2S. The topological polar surface area (TPSA) is 29.3 Å². The van der Waals surface area contributed by atoms with Gasteiger partial charge >= 0.3 is 6.18 Å². The van der Waals surface area contributed by atoms with Crippen molar-refractivity contribution in [2.24, 2.45) is 5.73 Å². The third kappa shape index (κ3) is 3.70. The number of rotatable bonds is 5. The van der Waals surface area contributed by atoms with Crippen molar-refractivity contribution in [3.63, 3.8) is 0 Å². The smallest absolute Gasteiger partial charge is 0.326 e. The summed E-state index contributed by atoms with van der Waals surface area (Å²) in [7, 11) is 0. The Bertz CT molecular complexity index is 410. The highest BCUT2D eigenvalue weighted by atomic mass is 32.1. The van der Waals surface area contributed by atoms with Gasteiger partial charge in [0.15, 0.2) is 0 Å². The highest BCUT2D eigenvalue weighted by Gasteiger charge is 2.38. The van der Waals surface area contributed by atoms with Crippen molar-refractivity contribution in [1.29, 1.82) is 0 Å². The van der Waals surface area contributed by atoms with Crippen molar-refractivity contribution in [2.45, 2.75) is 45.1 Å². The zero-order chi connectivity index (χ0) is 13.3. The van der Waals surface area contributed by atoms with Gasteiger partial charge < -0.3 is 5.73 Å². The molecule has 0 bridgehead atoms. The van der Waals surface area contributed by atoms with Gasteiger partial charge in [-0.15, -0.1) is 11.3 Å². The minimum atomic E-state index is -4.12. The maximum Gasteiger partial charge on any atom is 0.401 e. The molecule has 0 radical (unpaired) electrons. The van der Waals surface area contributed by atoms with Crippen molar-refractivity contribution in [3.8, 4) is 0 Å². The summed E-state index contributed by atoms with van der Waals surface area (Å²) < 4.78 is 37.5. The molecule has 1 fully saturated rings. The molecule has 6 heteroatoms. The van der Waals surface area contributed by atoms with Crippen LogP contribution in [-0.4, -0.2) is 23.7 Å². The number of hydrogen-bond donors (Lipinski definition) is 1. The van der Waals surface area contributed by atoms with Gasteiger partial charge in [-0.2, -0.15) is 13.2 Å². The minimum absolute atomic E-state index is 0.104. The van der Waals surface area contributed by atoms with Crippen LogP contribution in [0.2, 0.25) is 0 Å². The Morgan fingerprint density at radius 2 is 2.11 bits per heavy atom. The summed E-state index contributed by atoms with van der Waals surface area (Å²) in [6, 6.07) is 2.04. The highest BCUT2D eigenvalue weighted by Crippen LogP contribution is 2.33. The Morgan fingerprint density at radius 3 is 2.56 bits per heavy atom. The van der Waals surface area contributed by atoms with Crippen molar-refractivity contribution < 1.29 is 13.2 Å². The maximum absolute atomic E-state index is 12.5. The van der Waals surface area contributed by atoms with E-state index in [9.17, 15) is 13.2 Å². The van der Waals surface area contributed by atoms with Crippen LogP contribution >= 0.6 is 11.3 Å². The normalized spacial score (nSPS) is 16.6. The number of alkyl halides is 3. The van der Waals surface area contributed by atoms with Gasteiger partial charge in [0.05, 0.1) is 6.54 Å². The summed E-state index contributed by atoms with van der Waals surface area (Å²) in [6.45, 7) is 1.96. The second-order valence-corrected chi connectivity index (χ2v) is 6.09. The first-order valence-electron chi connectivity index (χ1n) is 5.98. The molecule has 2 rings (SSSR count). The van der Waals surface area contributed by atoms with Crippen LogP contribution in [0, 0.1) is 6.92 Å². The van der Waals surface area contributed by atoms with E-state index in [1.54, 1.807) is 11.3 Å². The van der Waals surface area contributed by atoms with Crippen LogP contribution in [0.5, 0.6) is 0 Å². The van der Waals surface area contributed by atoms with Crippen LogP contribution in [0.1, 0.15) is 28.2 Å². The van der Waals surface area contributed by atoms with Crippen LogP contribution < -0.4 is 5.73 Å². The van der Waals surface area contributed by atoms with E-state index in [-0.39, 0.29) is 6.04 Å². The Morgan fingerprint density at radius 1 is 1.44 bits per heavy atom. The lowest BCUT2D eigenvalue weighted by Gasteiger charge is -2.23. The lowest BCUT2D eigenvalue weighted by atomic mass is 10.2. The van der Waals surface area contributed by atoms with Gasteiger partial charge in [-0.25, -0.2) is 0 Å². The zero-order valence-electron chi connectivity index (χ0n) is 10.3. The van der Waals surface area contributed by atoms with Gasteiger partial charge in [-0.05, 0) is 31.4 Å². The lowest BCUT2D eigenvalue weighted by Crippen LogP contribution is -2.35. The van der Waals surface area contributed by atoms with E-state index in [1.165, 1.54) is 4.90 Å². The van der Waals surface area contributed by atoms with Gasteiger partial charge in [0.25, 0.3) is 0 Å². The van der Waals surface area contributed by atoms with Crippen LogP contribution in [0.15, 0.2) is 6.07 Å². The molecule has 2 nitrogen and oxygen atoms in total. The third-order valence-corrected chi connectivity index (χ3v) is 4.21. The number of thiophene rings is 1. The monoisotopic (exact) mass is 278 g/mol. The Kier molecular flexibility index (Phi) is 3.99. The van der Waals surface area contributed by atoms with E-state index in [1.807, 2.05) is 13.0 Å². The number of halogens is 3. The number of nitrogens with two attached hydrogens (primary N) is 1. The largest absolute Gasteiger partial charge is 0.401 e. The lowest BCUT2D eigenvalue weighted by molar-refractivity contribution is -0.148. The molecule has 1 aliphatic rings. The molecule has 2 N–H and O–H groups in total. The van der Waals surface area contributed by atoms with E-state index < -0.39 is 12.7 Å². The van der Waals surface area contributed by atoms with E-state index in [4.69, 9.17) is 5.73 Å². The highest BCUT2D eigenvalue weighted by molar-refractivity contribution is 7.12. The van der Waals surface area contributed by atoms with Crippen molar-refractivity contribution >= 4 is 11.3 Å². The summed E-state index contributed by atoms with van der Waals surface area (Å²) >= 11 is 1.57. The molecule has 1 aliphatic carbocycles. The van der Waals surface area contributed by atoms with E-state index in [0.29, 0.717) is 13.1 Å². The molecule has 1 aromatic rings. The molecule has 1 heterocycles. The summed E-state index contributed by atoms with van der Waals surface area (Å²) in [6.07, 6.45) is -2.37. The summed E-state index contributed by atoms with van der Waals surface area (Å²) in [5.41, 5.74) is 6.54. The van der Waals surface area contributed by atoms with E-state index in [0.717, 1.165) is 28.2 Å². The maximum atomic E-state index is 12.5.